The third-order valence-corrected chi connectivity index (χ3v) is 3.09. The van der Waals surface area contributed by atoms with Crippen molar-refractivity contribution in [1.29, 1.82) is 0 Å². The van der Waals surface area contributed by atoms with Gasteiger partial charge in [-0.05, 0) is 29.2 Å². The van der Waals surface area contributed by atoms with Crippen LogP contribution in [0.15, 0.2) is 22.7 Å². The van der Waals surface area contributed by atoms with Crippen LogP contribution in [0.3, 0.4) is 0 Å². The summed E-state index contributed by atoms with van der Waals surface area (Å²) in [6, 6.07) is 6.26. The lowest BCUT2D eigenvalue weighted by atomic mass is 9.96. The summed E-state index contributed by atoms with van der Waals surface area (Å²) in [6.45, 7) is 7.73. The minimum atomic E-state index is 0.283. The molecule has 0 atom stereocenters. The predicted molar refractivity (Wildman–Crippen MR) is 76.4 cm³/mol. The molecule has 1 nitrogen and oxygen atoms in total. The molecule has 0 aromatic heterocycles. The van der Waals surface area contributed by atoms with Gasteiger partial charge in [0.25, 0.3) is 0 Å². The Morgan fingerprint density at radius 2 is 1.94 bits per heavy atom. The summed E-state index contributed by atoms with van der Waals surface area (Å²) in [6.07, 6.45) is 0. The second kappa shape index (κ2) is 5.42. The monoisotopic (exact) mass is 303 g/mol. The van der Waals surface area contributed by atoms with E-state index in [1.165, 1.54) is 11.3 Å². The fourth-order valence-corrected chi connectivity index (χ4v) is 2.45. The van der Waals surface area contributed by atoms with Crippen LogP contribution < -0.4 is 4.90 Å². The second-order valence-corrected chi connectivity index (χ2v) is 6.51. The lowest BCUT2D eigenvalue weighted by Crippen LogP contribution is -2.29. The topological polar surface area (TPSA) is 3.24 Å². The fraction of sp³-hybridized carbons (Fsp3) is 0.538. The number of anilines is 1. The molecule has 0 unspecified atom stereocenters. The zero-order valence-corrected chi connectivity index (χ0v) is 12.7. The Bertz CT molecular complexity index is 357. The van der Waals surface area contributed by atoms with Gasteiger partial charge in [-0.3, -0.25) is 0 Å². The highest BCUT2D eigenvalue weighted by Crippen LogP contribution is 2.27. The molecule has 3 heteroatoms. The molecule has 16 heavy (non-hydrogen) atoms. The largest absolute Gasteiger partial charge is 0.374 e. The summed E-state index contributed by atoms with van der Waals surface area (Å²) in [5, 5.41) is 0. The van der Waals surface area contributed by atoms with Crippen LogP contribution in [0.25, 0.3) is 0 Å². The van der Waals surface area contributed by atoms with Crippen LogP contribution in [0, 0.1) is 5.41 Å². The van der Waals surface area contributed by atoms with Crippen LogP contribution in [0.5, 0.6) is 0 Å². The van der Waals surface area contributed by atoms with Gasteiger partial charge in [0.05, 0.1) is 0 Å². The molecule has 0 amide bonds. The number of hydrogen-bond donors (Lipinski definition) is 0. The van der Waals surface area contributed by atoms with Gasteiger partial charge in [0, 0.05) is 29.6 Å². The van der Waals surface area contributed by atoms with Gasteiger partial charge in [-0.2, -0.15) is 0 Å². The molecule has 0 spiro atoms. The number of alkyl halides is 1. The van der Waals surface area contributed by atoms with Crippen molar-refractivity contribution in [2.75, 3.05) is 18.5 Å². The van der Waals surface area contributed by atoms with E-state index in [1.807, 2.05) is 0 Å². The van der Waals surface area contributed by atoms with Gasteiger partial charge in [-0.15, -0.1) is 11.6 Å². The van der Waals surface area contributed by atoms with Gasteiger partial charge in [0.15, 0.2) is 0 Å². The Hall–Kier alpha value is -0.210. The van der Waals surface area contributed by atoms with E-state index in [0.29, 0.717) is 5.88 Å². The first-order valence-electron chi connectivity index (χ1n) is 5.39. The van der Waals surface area contributed by atoms with Crippen LogP contribution in [0.2, 0.25) is 0 Å². The molecule has 0 saturated carbocycles. The van der Waals surface area contributed by atoms with Crippen molar-refractivity contribution < 1.29 is 0 Å². The number of rotatable bonds is 3. The predicted octanol–water partition coefficient (Wildman–Crippen LogP) is 4.67. The normalized spacial score (nSPS) is 11.6. The maximum Gasteiger partial charge on any atom is 0.0494 e. The van der Waals surface area contributed by atoms with Gasteiger partial charge >= 0.3 is 0 Å². The van der Waals surface area contributed by atoms with Crippen molar-refractivity contribution in [2.45, 2.75) is 26.7 Å². The minimum absolute atomic E-state index is 0.283. The van der Waals surface area contributed by atoms with Crippen molar-refractivity contribution >= 4 is 33.2 Å². The molecule has 1 aromatic carbocycles. The molecular weight excluding hydrogens is 286 g/mol. The van der Waals surface area contributed by atoms with Crippen molar-refractivity contribution in [2.24, 2.45) is 5.41 Å². The molecule has 0 bridgehead atoms. The van der Waals surface area contributed by atoms with Crippen molar-refractivity contribution in [3.8, 4) is 0 Å². The zero-order chi connectivity index (χ0) is 12.3. The molecule has 0 aliphatic carbocycles. The van der Waals surface area contributed by atoms with E-state index in [-0.39, 0.29) is 5.41 Å². The van der Waals surface area contributed by atoms with Crippen LogP contribution in [0.1, 0.15) is 26.3 Å². The number of benzene rings is 1. The van der Waals surface area contributed by atoms with E-state index < -0.39 is 0 Å². The Kier molecular flexibility index (Phi) is 4.69. The average molecular weight is 305 g/mol. The van der Waals surface area contributed by atoms with E-state index in [9.17, 15) is 0 Å². The van der Waals surface area contributed by atoms with Gasteiger partial charge in [-0.1, -0.05) is 36.7 Å². The molecule has 0 N–H and O–H groups in total. The lowest BCUT2D eigenvalue weighted by molar-refractivity contribution is 0.419. The number of halogens is 2. The van der Waals surface area contributed by atoms with Gasteiger partial charge in [0.2, 0.25) is 0 Å². The highest BCUT2D eigenvalue weighted by molar-refractivity contribution is 9.10. The molecule has 90 valence electrons. The summed E-state index contributed by atoms with van der Waals surface area (Å²) in [7, 11) is 2.12. The molecule has 0 heterocycles. The summed E-state index contributed by atoms with van der Waals surface area (Å²) in [4.78, 5) is 2.27. The quantitative estimate of drug-likeness (QED) is 0.734. The summed E-state index contributed by atoms with van der Waals surface area (Å²) < 4.78 is 1.08. The Labute approximate surface area is 112 Å². The highest BCUT2D eigenvalue weighted by atomic mass is 79.9. The van der Waals surface area contributed by atoms with Crippen molar-refractivity contribution in [3.05, 3.63) is 28.2 Å². The molecule has 0 saturated heterocycles. The smallest absolute Gasteiger partial charge is 0.0494 e. The zero-order valence-electron chi connectivity index (χ0n) is 10.3. The maximum atomic E-state index is 5.97. The Balaban J connectivity index is 2.94. The third kappa shape index (κ3) is 3.99. The van der Waals surface area contributed by atoms with Crippen molar-refractivity contribution in [3.63, 3.8) is 0 Å². The van der Waals surface area contributed by atoms with Crippen LogP contribution in [-0.2, 0) is 5.88 Å². The summed E-state index contributed by atoms with van der Waals surface area (Å²) >= 11 is 9.44. The van der Waals surface area contributed by atoms with Gasteiger partial charge in [0.1, 0.15) is 0 Å². The second-order valence-electron chi connectivity index (χ2n) is 5.32. The van der Waals surface area contributed by atoms with E-state index in [1.54, 1.807) is 0 Å². The average Bonchev–Trinajstić information content (AvgIpc) is 2.14. The van der Waals surface area contributed by atoms with E-state index in [2.05, 4.69) is 66.8 Å². The Morgan fingerprint density at radius 1 is 1.31 bits per heavy atom. The SMILES string of the molecule is CN(CC(C)(C)C)c1ccc(Br)cc1CCl. The highest BCUT2D eigenvalue weighted by Gasteiger charge is 2.15. The first-order chi connectivity index (χ1) is 7.33. The van der Waals surface area contributed by atoms with Crippen LogP contribution >= 0.6 is 27.5 Å². The maximum absolute atomic E-state index is 5.97. The van der Waals surface area contributed by atoms with E-state index in [4.69, 9.17) is 11.6 Å². The Morgan fingerprint density at radius 3 is 2.44 bits per heavy atom. The lowest BCUT2D eigenvalue weighted by Gasteiger charge is -2.29. The first kappa shape index (κ1) is 13.9. The van der Waals surface area contributed by atoms with Crippen molar-refractivity contribution in [1.82, 2.24) is 0 Å². The van der Waals surface area contributed by atoms with E-state index in [0.717, 1.165) is 11.0 Å². The molecular formula is C13H19BrClN. The summed E-state index contributed by atoms with van der Waals surface area (Å²) in [5.74, 6) is 0.545. The third-order valence-electron chi connectivity index (χ3n) is 2.31. The number of nitrogens with zero attached hydrogens (tertiary/aromatic N) is 1. The molecule has 1 rings (SSSR count). The first-order valence-corrected chi connectivity index (χ1v) is 6.72. The van der Waals surface area contributed by atoms with Crippen LogP contribution in [-0.4, -0.2) is 13.6 Å². The standard InChI is InChI=1S/C13H19BrClN/c1-13(2,3)9-16(4)12-6-5-11(14)7-10(12)8-15/h5-7H,8-9H2,1-4H3. The fourth-order valence-electron chi connectivity index (χ4n) is 1.83. The van der Waals surface area contributed by atoms with Crippen LogP contribution in [0.4, 0.5) is 5.69 Å². The molecule has 0 aliphatic heterocycles. The molecule has 0 fully saturated rings. The van der Waals surface area contributed by atoms with E-state index >= 15 is 0 Å². The van der Waals surface area contributed by atoms with Gasteiger partial charge < -0.3 is 4.90 Å². The molecule has 0 radical (unpaired) electrons. The minimum Gasteiger partial charge on any atom is -0.374 e. The molecule has 1 aromatic rings. The number of hydrogen-bond acceptors (Lipinski definition) is 1. The van der Waals surface area contributed by atoms with Gasteiger partial charge in [-0.25, -0.2) is 0 Å². The molecule has 0 aliphatic rings. The summed E-state index contributed by atoms with van der Waals surface area (Å²) in [5.41, 5.74) is 2.67.